The van der Waals surface area contributed by atoms with Crippen LogP contribution in [0.15, 0.2) is 6.33 Å². The quantitative estimate of drug-likeness (QED) is 0.631. The van der Waals surface area contributed by atoms with E-state index in [0.717, 1.165) is 18.7 Å². The van der Waals surface area contributed by atoms with Crippen molar-refractivity contribution in [3.05, 3.63) is 17.7 Å². The van der Waals surface area contributed by atoms with Gasteiger partial charge < -0.3 is 15.4 Å². The molecule has 1 aliphatic rings. The number of hydrogen-bond acceptors (Lipinski definition) is 3. The number of nitrogens with zero attached hydrogens (tertiary/aromatic N) is 2. The van der Waals surface area contributed by atoms with Crippen LogP contribution >= 0.6 is 0 Å². The maximum Gasteiger partial charge on any atom is 0.356 e. The van der Waals surface area contributed by atoms with Crippen LogP contribution in [-0.4, -0.2) is 26.7 Å². The molecule has 5 nitrogen and oxygen atoms in total. The second-order valence-corrected chi connectivity index (χ2v) is 3.29. The highest BCUT2D eigenvalue weighted by atomic mass is 16.4. The lowest BCUT2D eigenvalue weighted by Crippen LogP contribution is -2.31. The number of carboxylic acid groups (broad SMARTS) is 1. The van der Waals surface area contributed by atoms with Crippen molar-refractivity contribution in [3.63, 3.8) is 0 Å². The number of imidazole rings is 1. The molecule has 0 amide bonds. The Labute approximate surface area is 75.2 Å². The lowest BCUT2D eigenvalue weighted by molar-refractivity contribution is 0.0689. The standard InChI is InChI=1S/C8H11N3O2/c9-5-1-2-11-4-10-7(8(12)13)6(11)3-5/h4-5H,1-3,9H2,(H,12,13). The van der Waals surface area contributed by atoms with Crippen molar-refractivity contribution < 1.29 is 9.90 Å². The minimum absolute atomic E-state index is 0.0716. The van der Waals surface area contributed by atoms with Gasteiger partial charge >= 0.3 is 5.97 Å². The minimum Gasteiger partial charge on any atom is -0.476 e. The number of aryl methyl sites for hydroxylation is 1. The first-order valence-corrected chi connectivity index (χ1v) is 4.21. The number of hydrogen-bond donors (Lipinski definition) is 2. The van der Waals surface area contributed by atoms with Gasteiger partial charge in [0.2, 0.25) is 0 Å². The van der Waals surface area contributed by atoms with Gasteiger partial charge in [0.05, 0.1) is 12.0 Å². The lowest BCUT2D eigenvalue weighted by atomic mass is 10.0. The molecule has 0 bridgehead atoms. The van der Waals surface area contributed by atoms with Crippen LogP contribution in [0.5, 0.6) is 0 Å². The Morgan fingerprint density at radius 2 is 2.54 bits per heavy atom. The summed E-state index contributed by atoms with van der Waals surface area (Å²) >= 11 is 0. The molecular formula is C8H11N3O2. The molecule has 0 aliphatic carbocycles. The summed E-state index contributed by atoms with van der Waals surface area (Å²) in [5.41, 5.74) is 6.65. The third kappa shape index (κ3) is 1.31. The zero-order valence-electron chi connectivity index (χ0n) is 7.10. The maximum absolute atomic E-state index is 10.7. The Bertz CT molecular complexity index is 345. The van der Waals surface area contributed by atoms with Crippen LogP contribution in [0.25, 0.3) is 0 Å². The van der Waals surface area contributed by atoms with Crippen molar-refractivity contribution in [2.45, 2.75) is 25.4 Å². The van der Waals surface area contributed by atoms with Crippen LogP contribution in [-0.2, 0) is 13.0 Å². The number of fused-ring (bicyclic) bond motifs is 1. The molecule has 1 aromatic rings. The summed E-state index contributed by atoms with van der Waals surface area (Å²) in [6.07, 6.45) is 3.08. The van der Waals surface area contributed by atoms with Gasteiger partial charge in [-0.05, 0) is 6.42 Å². The van der Waals surface area contributed by atoms with Crippen LogP contribution in [0.4, 0.5) is 0 Å². The number of carboxylic acids is 1. The molecule has 0 fully saturated rings. The van der Waals surface area contributed by atoms with E-state index in [2.05, 4.69) is 4.98 Å². The van der Waals surface area contributed by atoms with Gasteiger partial charge in [-0.15, -0.1) is 0 Å². The molecule has 13 heavy (non-hydrogen) atoms. The molecule has 0 saturated heterocycles. The monoisotopic (exact) mass is 181 g/mol. The topological polar surface area (TPSA) is 81.1 Å². The van der Waals surface area contributed by atoms with Crippen LogP contribution in [0.2, 0.25) is 0 Å². The Morgan fingerprint density at radius 3 is 3.23 bits per heavy atom. The SMILES string of the molecule is NC1CCn2cnc(C(=O)O)c2C1. The van der Waals surface area contributed by atoms with E-state index in [9.17, 15) is 4.79 Å². The molecule has 1 atom stereocenters. The Hall–Kier alpha value is -1.36. The summed E-state index contributed by atoms with van der Waals surface area (Å²) in [5.74, 6) is -0.970. The fourth-order valence-electron chi connectivity index (χ4n) is 1.65. The van der Waals surface area contributed by atoms with Gasteiger partial charge in [-0.2, -0.15) is 0 Å². The molecular weight excluding hydrogens is 170 g/mol. The predicted octanol–water partition coefficient (Wildman–Crippen LogP) is -0.145. The Balaban J connectivity index is 2.41. The van der Waals surface area contributed by atoms with Gasteiger partial charge in [0.15, 0.2) is 5.69 Å². The Morgan fingerprint density at radius 1 is 1.77 bits per heavy atom. The van der Waals surface area contributed by atoms with Crippen molar-refractivity contribution in [2.75, 3.05) is 0 Å². The summed E-state index contributed by atoms with van der Waals surface area (Å²) in [7, 11) is 0. The summed E-state index contributed by atoms with van der Waals surface area (Å²) in [6.45, 7) is 0.775. The number of aromatic nitrogens is 2. The van der Waals surface area contributed by atoms with Crippen molar-refractivity contribution in [3.8, 4) is 0 Å². The van der Waals surface area contributed by atoms with Crippen molar-refractivity contribution in [1.82, 2.24) is 9.55 Å². The number of rotatable bonds is 1. The number of carbonyl (C=O) groups is 1. The first kappa shape index (κ1) is 8.25. The summed E-state index contributed by atoms with van der Waals surface area (Å²) < 4.78 is 1.87. The van der Waals surface area contributed by atoms with Gasteiger partial charge in [-0.1, -0.05) is 0 Å². The van der Waals surface area contributed by atoms with E-state index < -0.39 is 5.97 Å². The van der Waals surface area contributed by atoms with E-state index in [-0.39, 0.29) is 11.7 Å². The van der Waals surface area contributed by atoms with Crippen molar-refractivity contribution in [2.24, 2.45) is 5.73 Å². The van der Waals surface area contributed by atoms with E-state index in [0.29, 0.717) is 6.42 Å². The molecule has 3 N–H and O–H groups in total. The molecule has 0 radical (unpaired) electrons. The summed E-state index contributed by atoms with van der Waals surface area (Å²) in [6, 6.07) is 0.0716. The van der Waals surface area contributed by atoms with Crippen LogP contribution in [0.3, 0.4) is 0 Å². The summed E-state index contributed by atoms with van der Waals surface area (Å²) in [5, 5.41) is 8.80. The lowest BCUT2D eigenvalue weighted by Gasteiger charge is -2.20. The van der Waals surface area contributed by atoms with Crippen LogP contribution in [0.1, 0.15) is 22.6 Å². The highest BCUT2D eigenvalue weighted by Gasteiger charge is 2.22. The maximum atomic E-state index is 10.7. The van der Waals surface area contributed by atoms with Gasteiger partial charge in [-0.3, -0.25) is 0 Å². The zero-order chi connectivity index (χ0) is 9.42. The van der Waals surface area contributed by atoms with E-state index in [1.54, 1.807) is 6.33 Å². The normalized spacial score (nSPS) is 21.2. The predicted molar refractivity (Wildman–Crippen MR) is 45.5 cm³/mol. The Kier molecular flexibility index (Phi) is 1.81. The molecule has 0 spiro atoms. The molecule has 1 unspecified atom stereocenters. The van der Waals surface area contributed by atoms with Crippen LogP contribution < -0.4 is 5.73 Å². The van der Waals surface area contributed by atoms with E-state index in [1.165, 1.54) is 0 Å². The molecule has 2 heterocycles. The van der Waals surface area contributed by atoms with Gasteiger partial charge in [0.1, 0.15) is 0 Å². The fourth-order valence-corrected chi connectivity index (χ4v) is 1.65. The van der Waals surface area contributed by atoms with Crippen LogP contribution in [0, 0.1) is 0 Å². The third-order valence-electron chi connectivity index (χ3n) is 2.35. The zero-order valence-corrected chi connectivity index (χ0v) is 7.10. The van der Waals surface area contributed by atoms with Gasteiger partial charge in [0, 0.05) is 19.0 Å². The largest absolute Gasteiger partial charge is 0.476 e. The summed E-state index contributed by atoms with van der Waals surface area (Å²) in [4.78, 5) is 14.6. The van der Waals surface area contributed by atoms with E-state index >= 15 is 0 Å². The van der Waals surface area contributed by atoms with Gasteiger partial charge in [-0.25, -0.2) is 9.78 Å². The molecule has 1 aromatic heterocycles. The average molecular weight is 181 g/mol. The molecule has 1 aliphatic heterocycles. The number of nitrogens with two attached hydrogens (primary N) is 1. The second-order valence-electron chi connectivity index (χ2n) is 3.29. The average Bonchev–Trinajstić information content (AvgIpc) is 2.46. The molecule has 0 saturated carbocycles. The van der Waals surface area contributed by atoms with Crippen molar-refractivity contribution in [1.29, 1.82) is 0 Å². The molecule has 5 heteroatoms. The second kappa shape index (κ2) is 2.85. The molecule has 70 valence electrons. The first-order chi connectivity index (χ1) is 6.18. The van der Waals surface area contributed by atoms with Crippen molar-refractivity contribution >= 4 is 5.97 Å². The van der Waals surface area contributed by atoms with E-state index in [4.69, 9.17) is 10.8 Å². The molecule has 0 aromatic carbocycles. The molecule has 2 rings (SSSR count). The van der Waals surface area contributed by atoms with Gasteiger partial charge in [0.25, 0.3) is 0 Å². The highest BCUT2D eigenvalue weighted by molar-refractivity contribution is 5.86. The third-order valence-corrected chi connectivity index (χ3v) is 2.35. The number of aromatic carboxylic acids is 1. The first-order valence-electron chi connectivity index (χ1n) is 4.21. The van der Waals surface area contributed by atoms with E-state index in [1.807, 2.05) is 4.57 Å². The smallest absolute Gasteiger partial charge is 0.356 e. The highest BCUT2D eigenvalue weighted by Crippen LogP contribution is 2.16. The fraction of sp³-hybridized carbons (Fsp3) is 0.500. The minimum atomic E-state index is -0.970.